The Hall–Kier alpha value is -4.57. The first-order valence-electron chi connectivity index (χ1n) is 10.5. The van der Waals surface area contributed by atoms with Gasteiger partial charge in [0.15, 0.2) is 5.60 Å². The van der Waals surface area contributed by atoms with Gasteiger partial charge in [-0.2, -0.15) is 0 Å². The zero-order chi connectivity index (χ0) is 25.2. The van der Waals surface area contributed by atoms with Crippen LogP contribution in [0.1, 0.15) is 16.8 Å². The molecule has 4 aromatic rings. The molecule has 10 nitrogen and oxygen atoms in total. The third-order valence-corrected chi connectivity index (χ3v) is 5.70. The summed E-state index contributed by atoms with van der Waals surface area (Å²) in [6, 6.07) is 16.6. The van der Waals surface area contributed by atoms with Gasteiger partial charge in [-0.15, -0.1) is 0 Å². The quantitative estimate of drug-likeness (QED) is 0.305. The molecule has 1 unspecified atom stereocenters. The molecule has 2 N–H and O–H groups in total. The van der Waals surface area contributed by atoms with Crippen molar-refractivity contribution >= 4 is 28.1 Å². The average Bonchev–Trinajstić information content (AvgIpc) is 2.86. The van der Waals surface area contributed by atoms with Crippen LogP contribution in [0.3, 0.4) is 0 Å². The Labute approximate surface area is 198 Å². The fourth-order valence-electron chi connectivity index (χ4n) is 3.75. The molecule has 1 atom stereocenters. The number of anilines is 1. The van der Waals surface area contributed by atoms with Gasteiger partial charge < -0.3 is 19.7 Å². The summed E-state index contributed by atoms with van der Waals surface area (Å²) in [4.78, 5) is 35.9. The molecule has 1 amide bonds. The molecule has 1 aromatic heterocycles. The lowest BCUT2D eigenvalue weighted by molar-refractivity contribution is -0.384. The van der Waals surface area contributed by atoms with Crippen molar-refractivity contribution < 1.29 is 24.1 Å². The minimum absolute atomic E-state index is 0.113. The van der Waals surface area contributed by atoms with E-state index in [-0.39, 0.29) is 17.7 Å². The maximum atomic E-state index is 13.5. The highest BCUT2D eigenvalue weighted by atomic mass is 16.6. The number of benzene rings is 3. The van der Waals surface area contributed by atoms with Gasteiger partial charge in [-0.25, -0.2) is 4.79 Å². The van der Waals surface area contributed by atoms with Gasteiger partial charge in [0.2, 0.25) is 0 Å². The molecular formula is C25H21N3O7. The van der Waals surface area contributed by atoms with Gasteiger partial charge in [-0.3, -0.25) is 14.9 Å². The van der Waals surface area contributed by atoms with Gasteiger partial charge in [-0.05, 0) is 60.5 Å². The monoisotopic (exact) mass is 475 g/mol. The number of nitro benzene ring substituents is 1. The number of aryl methyl sites for hydroxylation is 1. The number of methoxy groups -OCH3 is 1. The van der Waals surface area contributed by atoms with Crippen LogP contribution in [-0.4, -0.2) is 28.2 Å². The van der Waals surface area contributed by atoms with E-state index in [1.807, 2.05) is 0 Å². The first kappa shape index (κ1) is 23.6. The highest BCUT2D eigenvalue weighted by Crippen LogP contribution is 2.30. The SMILES string of the molecule is COc1ccc(CC(O)(C(=O)Nc2ccc3c(=O)onc(C)c3c2)c2ccc([N+](=O)[O-])cc2)cc1. The maximum absolute atomic E-state index is 13.5. The molecule has 0 bridgehead atoms. The predicted octanol–water partition coefficient (Wildman–Crippen LogP) is 3.48. The molecule has 0 radical (unpaired) electrons. The van der Waals surface area contributed by atoms with Crippen molar-refractivity contribution in [1.29, 1.82) is 0 Å². The van der Waals surface area contributed by atoms with Crippen LogP contribution in [0.4, 0.5) is 11.4 Å². The summed E-state index contributed by atoms with van der Waals surface area (Å²) in [5.74, 6) is -0.142. The predicted molar refractivity (Wildman–Crippen MR) is 127 cm³/mol. The fraction of sp³-hybridized carbons (Fsp3) is 0.160. The van der Waals surface area contributed by atoms with Crippen molar-refractivity contribution in [3.05, 3.63) is 104 Å². The Balaban J connectivity index is 1.72. The Morgan fingerprint density at radius 2 is 1.80 bits per heavy atom. The van der Waals surface area contributed by atoms with Crippen LogP contribution in [-0.2, 0) is 16.8 Å². The lowest BCUT2D eigenvalue weighted by atomic mass is 9.86. The molecule has 0 spiro atoms. The lowest BCUT2D eigenvalue weighted by Gasteiger charge is -2.28. The molecule has 0 aliphatic rings. The smallest absolute Gasteiger partial charge is 0.366 e. The number of carbonyl (C=O) groups is 1. The summed E-state index contributed by atoms with van der Waals surface area (Å²) >= 11 is 0. The molecule has 0 saturated carbocycles. The largest absolute Gasteiger partial charge is 0.497 e. The van der Waals surface area contributed by atoms with Crippen molar-refractivity contribution in [2.75, 3.05) is 12.4 Å². The third kappa shape index (κ3) is 4.73. The van der Waals surface area contributed by atoms with Crippen LogP contribution in [0, 0.1) is 17.0 Å². The highest BCUT2D eigenvalue weighted by molar-refractivity contribution is 6.00. The number of nitrogens with one attached hydrogen (secondary N) is 1. The Morgan fingerprint density at radius 3 is 2.43 bits per heavy atom. The number of non-ortho nitro benzene ring substituents is 1. The molecule has 10 heteroatoms. The van der Waals surface area contributed by atoms with Crippen LogP contribution < -0.4 is 15.7 Å². The average molecular weight is 475 g/mol. The van der Waals surface area contributed by atoms with Crippen LogP contribution in [0.15, 0.2) is 76.0 Å². The number of rotatable bonds is 7. The van der Waals surface area contributed by atoms with Crippen LogP contribution in [0.5, 0.6) is 5.75 Å². The normalized spacial score (nSPS) is 12.7. The van der Waals surface area contributed by atoms with Crippen LogP contribution in [0.25, 0.3) is 10.8 Å². The van der Waals surface area contributed by atoms with Crippen molar-refractivity contribution in [1.82, 2.24) is 5.16 Å². The van der Waals surface area contributed by atoms with E-state index in [1.54, 1.807) is 37.3 Å². The molecular weight excluding hydrogens is 454 g/mol. The molecule has 178 valence electrons. The summed E-state index contributed by atoms with van der Waals surface area (Å²) < 4.78 is 9.88. The zero-order valence-electron chi connectivity index (χ0n) is 18.8. The number of hydrogen-bond donors (Lipinski definition) is 2. The molecule has 35 heavy (non-hydrogen) atoms. The second kappa shape index (κ2) is 9.35. The van der Waals surface area contributed by atoms with E-state index >= 15 is 0 Å². The maximum Gasteiger partial charge on any atom is 0.366 e. The molecule has 4 rings (SSSR count). The summed E-state index contributed by atoms with van der Waals surface area (Å²) in [6.07, 6.45) is -0.113. The van der Waals surface area contributed by atoms with Crippen molar-refractivity contribution in [3.63, 3.8) is 0 Å². The van der Waals surface area contributed by atoms with Gasteiger partial charge in [-0.1, -0.05) is 17.3 Å². The van der Waals surface area contributed by atoms with Crippen molar-refractivity contribution in [3.8, 4) is 5.75 Å². The number of carbonyl (C=O) groups excluding carboxylic acids is 1. The number of ether oxygens (including phenoxy) is 1. The minimum atomic E-state index is -2.07. The molecule has 0 aliphatic carbocycles. The number of nitrogens with zero attached hydrogens (tertiary/aromatic N) is 2. The first-order valence-corrected chi connectivity index (χ1v) is 10.5. The van der Waals surface area contributed by atoms with E-state index in [9.17, 15) is 24.8 Å². The second-order valence-corrected chi connectivity index (χ2v) is 7.96. The number of amides is 1. The number of aromatic nitrogens is 1. The van der Waals surface area contributed by atoms with E-state index in [0.717, 1.165) is 0 Å². The molecule has 0 saturated heterocycles. The Bertz CT molecular complexity index is 1460. The van der Waals surface area contributed by atoms with Gasteiger partial charge in [0.25, 0.3) is 11.6 Å². The summed E-state index contributed by atoms with van der Waals surface area (Å²) in [7, 11) is 1.53. The second-order valence-electron chi connectivity index (χ2n) is 7.96. The van der Waals surface area contributed by atoms with E-state index < -0.39 is 22.1 Å². The van der Waals surface area contributed by atoms with Crippen molar-refractivity contribution in [2.45, 2.75) is 18.9 Å². The van der Waals surface area contributed by atoms with Crippen LogP contribution >= 0.6 is 0 Å². The zero-order valence-corrected chi connectivity index (χ0v) is 18.8. The summed E-state index contributed by atoms with van der Waals surface area (Å²) in [5, 5.41) is 29.9. The van der Waals surface area contributed by atoms with Gasteiger partial charge in [0, 0.05) is 29.6 Å². The number of nitro groups is 1. The van der Waals surface area contributed by atoms with Crippen LogP contribution in [0.2, 0.25) is 0 Å². The summed E-state index contributed by atoms with van der Waals surface area (Å²) in [6.45, 7) is 1.66. The Morgan fingerprint density at radius 1 is 1.11 bits per heavy atom. The minimum Gasteiger partial charge on any atom is -0.497 e. The Kier molecular flexibility index (Phi) is 6.30. The van der Waals surface area contributed by atoms with Crippen molar-refractivity contribution in [2.24, 2.45) is 0 Å². The van der Waals surface area contributed by atoms with Gasteiger partial charge >= 0.3 is 5.63 Å². The summed E-state index contributed by atoms with van der Waals surface area (Å²) in [5.41, 5.74) is -1.24. The molecule has 1 heterocycles. The number of hydrogen-bond acceptors (Lipinski definition) is 8. The van der Waals surface area contributed by atoms with E-state index in [1.165, 1.54) is 43.5 Å². The highest BCUT2D eigenvalue weighted by Gasteiger charge is 2.38. The standard InChI is InChI=1S/C25H21N3O7/c1-15-22-13-18(7-12-21(22)23(29)35-27-15)26-24(30)25(31,14-16-3-10-20(34-2)11-4-16)17-5-8-19(9-6-17)28(32)33/h3-13,31H,14H2,1-2H3,(H,26,30). The third-order valence-electron chi connectivity index (χ3n) is 5.70. The van der Waals surface area contributed by atoms with Gasteiger partial charge in [0.05, 0.1) is 23.1 Å². The molecule has 3 aromatic carbocycles. The fourth-order valence-corrected chi connectivity index (χ4v) is 3.75. The molecule has 0 fully saturated rings. The lowest BCUT2D eigenvalue weighted by Crippen LogP contribution is -2.42. The number of aliphatic hydroxyl groups is 1. The van der Waals surface area contributed by atoms with E-state index in [4.69, 9.17) is 9.26 Å². The molecule has 0 aliphatic heterocycles. The van der Waals surface area contributed by atoms with E-state index in [2.05, 4.69) is 10.5 Å². The van der Waals surface area contributed by atoms with Gasteiger partial charge in [0.1, 0.15) is 5.75 Å². The topological polar surface area (TPSA) is 145 Å². The first-order chi connectivity index (χ1) is 16.7. The number of fused-ring (bicyclic) bond motifs is 1. The van der Waals surface area contributed by atoms with E-state index in [0.29, 0.717) is 33.5 Å².